The molecule has 1 aliphatic heterocycles. The maximum Gasteiger partial charge on any atom is 0.232 e. The number of hydrogen-bond donors (Lipinski definition) is 0. The highest BCUT2D eigenvalue weighted by Gasteiger charge is 2.29. The summed E-state index contributed by atoms with van der Waals surface area (Å²) in [5, 5.41) is 4.42. The summed E-state index contributed by atoms with van der Waals surface area (Å²) >= 11 is 0. The van der Waals surface area contributed by atoms with Crippen LogP contribution in [0, 0.1) is 12.3 Å². The van der Waals surface area contributed by atoms with Crippen molar-refractivity contribution in [2.24, 2.45) is 5.41 Å². The normalized spacial score (nSPS) is 16.5. The fraction of sp³-hybridized carbons (Fsp3) is 0.545. The van der Waals surface area contributed by atoms with E-state index in [0.717, 1.165) is 38.2 Å². The highest BCUT2D eigenvalue weighted by molar-refractivity contribution is 5.81. The van der Waals surface area contributed by atoms with Gasteiger partial charge in [-0.05, 0) is 62.9 Å². The van der Waals surface area contributed by atoms with E-state index in [0.29, 0.717) is 11.8 Å². The quantitative estimate of drug-likeness (QED) is 0.773. The Morgan fingerprint density at radius 1 is 1.26 bits per heavy atom. The van der Waals surface area contributed by atoms with Gasteiger partial charge >= 0.3 is 0 Å². The second kappa shape index (κ2) is 7.85. The van der Waals surface area contributed by atoms with Crippen LogP contribution in [0.2, 0.25) is 0 Å². The van der Waals surface area contributed by atoms with Gasteiger partial charge in [0.2, 0.25) is 5.88 Å². The first-order valence-electron chi connectivity index (χ1n) is 9.74. The Balaban J connectivity index is 1.65. The minimum absolute atomic E-state index is 0.254. The number of carbonyl (C=O) groups is 1. The van der Waals surface area contributed by atoms with Crippen LogP contribution >= 0.6 is 0 Å². The molecule has 0 atom stereocenters. The van der Waals surface area contributed by atoms with Crippen LogP contribution in [-0.2, 0) is 4.79 Å². The van der Waals surface area contributed by atoms with Gasteiger partial charge in [-0.15, -0.1) is 5.10 Å². The van der Waals surface area contributed by atoms with Crippen molar-refractivity contribution < 1.29 is 9.53 Å². The van der Waals surface area contributed by atoms with Crippen LogP contribution in [0.25, 0.3) is 5.69 Å². The van der Waals surface area contributed by atoms with Crippen molar-refractivity contribution in [3.8, 4) is 11.6 Å². The summed E-state index contributed by atoms with van der Waals surface area (Å²) < 4.78 is 7.04. The average molecular weight is 370 g/mol. The number of Topliss-reactive ketones (excluding diaryl/α,β-unsaturated/α-hetero) is 1. The van der Waals surface area contributed by atoms with Crippen LogP contribution in [0.1, 0.15) is 50.7 Å². The fourth-order valence-corrected chi connectivity index (χ4v) is 3.83. The zero-order chi connectivity index (χ0) is 19.6. The molecule has 0 saturated carbocycles. The van der Waals surface area contributed by atoms with Crippen LogP contribution in [0.3, 0.4) is 0 Å². The van der Waals surface area contributed by atoms with Gasteiger partial charge in [-0.25, -0.2) is 4.68 Å². The standard InChI is InChI=1S/C22H31N3O2/c1-16-14-19(6-7-20(16)25-13-10-21(23-25)27-5)18-8-11-24(12-9-18)15-22(3,4)17(2)26/h6-7,10,13-14,18H,8-9,11-12,15H2,1-5H3. The van der Waals surface area contributed by atoms with Crippen LogP contribution in [0.5, 0.6) is 5.88 Å². The van der Waals surface area contributed by atoms with Gasteiger partial charge in [0.25, 0.3) is 0 Å². The molecule has 0 bridgehead atoms. The molecular weight excluding hydrogens is 338 g/mol. The molecule has 1 aliphatic rings. The largest absolute Gasteiger partial charge is 0.480 e. The van der Waals surface area contributed by atoms with E-state index in [1.54, 1.807) is 14.0 Å². The average Bonchev–Trinajstić information content (AvgIpc) is 3.10. The molecule has 0 radical (unpaired) electrons. The zero-order valence-corrected chi connectivity index (χ0v) is 17.2. The van der Waals surface area contributed by atoms with Crippen molar-refractivity contribution >= 4 is 5.78 Å². The number of aryl methyl sites for hydroxylation is 1. The molecule has 1 fully saturated rings. The summed E-state index contributed by atoms with van der Waals surface area (Å²) in [6.45, 7) is 10.9. The summed E-state index contributed by atoms with van der Waals surface area (Å²) in [4.78, 5) is 14.2. The highest BCUT2D eigenvalue weighted by Crippen LogP contribution is 2.31. The van der Waals surface area contributed by atoms with Gasteiger partial charge in [-0.1, -0.05) is 26.0 Å². The number of benzene rings is 1. The Kier molecular flexibility index (Phi) is 5.70. The summed E-state index contributed by atoms with van der Waals surface area (Å²) in [5.74, 6) is 1.48. The van der Waals surface area contributed by atoms with E-state index in [2.05, 4.69) is 35.1 Å². The van der Waals surface area contributed by atoms with E-state index < -0.39 is 0 Å². The van der Waals surface area contributed by atoms with Crippen LogP contribution in [0.15, 0.2) is 30.5 Å². The monoisotopic (exact) mass is 369 g/mol. The number of ether oxygens (including phenoxy) is 1. The van der Waals surface area contributed by atoms with Crippen molar-refractivity contribution in [1.82, 2.24) is 14.7 Å². The van der Waals surface area contributed by atoms with Gasteiger partial charge in [0, 0.05) is 24.2 Å². The maximum absolute atomic E-state index is 11.8. The topological polar surface area (TPSA) is 47.4 Å². The Bertz CT molecular complexity index is 802. The molecule has 3 rings (SSSR count). The van der Waals surface area contributed by atoms with Crippen molar-refractivity contribution in [2.45, 2.75) is 46.5 Å². The molecule has 1 aromatic carbocycles. The zero-order valence-electron chi connectivity index (χ0n) is 17.2. The smallest absolute Gasteiger partial charge is 0.232 e. The number of nitrogens with zero attached hydrogens (tertiary/aromatic N) is 3. The van der Waals surface area contributed by atoms with Gasteiger partial charge in [0.15, 0.2) is 0 Å². The minimum Gasteiger partial charge on any atom is -0.480 e. The van der Waals surface area contributed by atoms with E-state index in [-0.39, 0.29) is 11.2 Å². The molecule has 27 heavy (non-hydrogen) atoms. The van der Waals surface area contributed by atoms with Crippen molar-refractivity contribution in [1.29, 1.82) is 0 Å². The van der Waals surface area contributed by atoms with E-state index in [1.807, 2.05) is 30.8 Å². The van der Waals surface area contributed by atoms with Crippen LogP contribution in [0.4, 0.5) is 0 Å². The lowest BCUT2D eigenvalue weighted by Crippen LogP contribution is -2.42. The molecule has 0 N–H and O–H groups in total. The highest BCUT2D eigenvalue weighted by atomic mass is 16.5. The number of hydrogen-bond acceptors (Lipinski definition) is 4. The Morgan fingerprint density at radius 3 is 2.52 bits per heavy atom. The molecule has 1 aromatic heterocycles. The molecular formula is C22H31N3O2. The van der Waals surface area contributed by atoms with Gasteiger partial charge in [-0.3, -0.25) is 4.79 Å². The van der Waals surface area contributed by atoms with Crippen LogP contribution in [-0.4, -0.2) is 47.2 Å². The number of carbonyl (C=O) groups excluding carboxylic acids is 1. The lowest BCUT2D eigenvalue weighted by Gasteiger charge is -2.36. The first-order chi connectivity index (χ1) is 12.8. The van der Waals surface area contributed by atoms with Gasteiger partial charge in [0.1, 0.15) is 5.78 Å². The van der Waals surface area contributed by atoms with Crippen molar-refractivity contribution in [3.05, 3.63) is 41.6 Å². The molecule has 0 amide bonds. The Labute approximate surface area is 162 Å². The molecule has 1 saturated heterocycles. The Morgan fingerprint density at radius 2 is 1.96 bits per heavy atom. The SMILES string of the molecule is COc1ccn(-c2ccc(C3CCN(CC(C)(C)C(C)=O)CC3)cc2C)n1. The van der Waals surface area contributed by atoms with Gasteiger partial charge in [0.05, 0.1) is 12.8 Å². The van der Waals surface area contributed by atoms with E-state index in [9.17, 15) is 4.79 Å². The number of methoxy groups -OCH3 is 1. The van der Waals surface area contributed by atoms with E-state index in [4.69, 9.17) is 4.74 Å². The predicted octanol–water partition coefficient (Wildman–Crippen LogP) is 3.98. The molecule has 2 aromatic rings. The minimum atomic E-state index is -0.254. The first-order valence-corrected chi connectivity index (χ1v) is 9.74. The summed E-state index contributed by atoms with van der Waals surface area (Å²) in [6, 6.07) is 8.55. The third kappa shape index (κ3) is 4.41. The number of likely N-dealkylation sites (tertiary alicyclic amines) is 1. The molecule has 2 heterocycles. The molecule has 0 aliphatic carbocycles. The molecule has 5 heteroatoms. The molecule has 0 unspecified atom stereocenters. The van der Waals surface area contributed by atoms with Crippen molar-refractivity contribution in [3.63, 3.8) is 0 Å². The summed E-state index contributed by atoms with van der Waals surface area (Å²) in [6.07, 6.45) is 4.21. The first kappa shape index (κ1) is 19.6. The van der Waals surface area contributed by atoms with Crippen LogP contribution < -0.4 is 4.74 Å². The second-order valence-corrected chi connectivity index (χ2v) is 8.34. The molecule has 0 spiro atoms. The maximum atomic E-state index is 11.8. The van der Waals surface area contributed by atoms with E-state index >= 15 is 0 Å². The predicted molar refractivity (Wildman–Crippen MR) is 108 cm³/mol. The van der Waals surface area contributed by atoms with E-state index in [1.165, 1.54) is 11.1 Å². The van der Waals surface area contributed by atoms with Crippen molar-refractivity contribution in [2.75, 3.05) is 26.7 Å². The Hall–Kier alpha value is -2.14. The lowest BCUT2D eigenvalue weighted by molar-refractivity contribution is -0.126. The lowest BCUT2D eigenvalue weighted by atomic mass is 9.85. The summed E-state index contributed by atoms with van der Waals surface area (Å²) in [5.41, 5.74) is 3.46. The number of piperidine rings is 1. The van der Waals surface area contributed by atoms with Gasteiger partial charge < -0.3 is 9.64 Å². The number of rotatable bonds is 6. The third-order valence-electron chi connectivity index (χ3n) is 5.87. The summed E-state index contributed by atoms with van der Waals surface area (Å²) in [7, 11) is 1.63. The third-order valence-corrected chi connectivity index (χ3v) is 5.87. The number of aromatic nitrogens is 2. The molecule has 146 valence electrons. The van der Waals surface area contributed by atoms with Gasteiger partial charge in [-0.2, -0.15) is 0 Å². The molecule has 5 nitrogen and oxygen atoms in total. The fourth-order valence-electron chi connectivity index (χ4n) is 3.83. The second-order valence-electron chi connectivity index (χ2n) is 8.34. The number of ketones is 1.